The lowest BCUT2D eigenvalue weighted by molar-refractivity contribution is -0.125. The van der Waals surface area contributed by atoms with Gasteiger partial charge in [-0.3, -0.25) is 4.79 Å². The third-order valence-corrected chi connectivity index (χ3v) is 5.10. The van der Waals surface area contributed by atoms with Crippen molar-refractivity contribution < 1.29 is 4.79 Å². The summed E-state index contributed by atoms with van der Waals surface area (Å²) >= 11 is 0. The fourth-order valence-corrected chi connectivity index (χ4v) is 3.53. The highest BCUT2D eigenvalue weighted by molar-refractivity contribution is 5.92. The van der Waals surface area contributed by atoms with Crippen molar-refractivity contribution >= 4 is 12.0 Å². The highest BCUT2D eigenvalue weighted by Crippen LogP contribution is 2.36. The van der Waals surface area contributed by atoms with Crippen LogP contribution in [0.4, 0.5) is 0 Å². The van der Waals surface area contributed by atoms with Crippen LogP contribution in [0.5, 0.6) is 0 Å². The smallest absolute Gasteiger partial charge is 0.246 e. The normalized spacial score (nSPS) is 25.0. The van der Waals surface area contributed by atoms with Gasteiger partial charge in [-0.15, -0.1) is 0 Å². The number of nitrogens with zero attached hydrogens (tertiary/aromatic N) is 1. The number of hydrogen-bond acceptors (Lipinski definition) is 2. The van der Waals surface area contributed by atoms with Gasteiger partial charge in [-0.25, -0.2) is 0 Å². The average molecular weight is 298 g/mol. The van der Waals surface area contributed by atoms with E-state index in [1.54, 1.807) is 6.08 Å². The molecule has 2 aliphatic rings. The summed E-state index contributed by atoms with van der Waals surface area (Å²) in [5.74, 6) is 0.692. The minimum atomic E-state index is 0.150. The minimum Gasteiger partial charge on any atom is -0.339 e. The first-order chi connectivity index (χ1) is 10.6. The molecule has 1 unspecified atom stereocenters. The predicted molar refractivity (Wildman–Crippen MR) is 90.7 cm³/mol. The maximum absolute atomic E-state index is 12.4. The van der Waals surface area contributed by atoms with Crippen LogP contribution < -0.4 is 5.32 Å². The van der Waals surface area contributed by atoms with Crippen LogP contribution in [0.2, 0.25) is 0 Å². The molecule has 0 saturated carbocycles. The van der Waals surface area contributed by atoms with Crippen LogP contribution >= 0.6 is 0 Å². The highest BCUT2D eigenvalue weighted by atomic mass is 16.2. The number of carbonyl (C=O) groups is 1. The van der Waals surface area contributed by atoms with Crippen molar-refractivity contribution in [1.29, 1.82) is 0 Å². The Hall–Kier alpha value is -1.61. The molecule has 2 aliphatic heterocycles. The third kappa shape index (κ3) is 3.25. The van der Waals surface area contributed by atoms with Gasteiger partial charge in [0.15, 0.2) is 0 Å². The van der Waals surface area contributed by atoms with Crippen LogP contribution in [0.25, 0.3) is 6.08 Å². The van der Waals surface area contributed by atoms with Crippen molar-refractivity contribution in [3.05, 3.63) is 41.5 Å². The Balaban J connectivity index is 1.59. The molecule has 1 aromatic carbocycles. The van der Waals surface area contributed by atoms with E-state index >= 15 is 0 Å². The van der Waals surface area contributed by atoms with E-state index in [-0.39, 0.29) is 5.91 Å². The lowest BCUT2D eigenvalue weighted by Crippen LogP contribution is -2.32. The Kier molecular flexibility index (Phi) is 4.34. The van der Waals surface area contributed by atoms with Crippen molar-refractivity contribution in [2.75, 3.05) is 26.2 Å². The van der Waals surface area contributed by atoms with Gasteiger partial charge in [0.2, 0.25) is 5.91 Å². The number of benzene rings is 1. The minimum absolute atomic E-state index is 0.150. The molecule has 3 rings (SSSR count). The predicted octanol–water partition coefficient (Wildman–Crippen LogP) is 3.04. The summed E-state index contributed by atoms with van der Waals surface area (Å²) in [5, 5.41) is 3.43. The third-order valence-electron chi connectivity index (χ3n) is 5.10. The van der Waals surface area contributed by atoms with E-state index in [2.05, 4.69) is 43.4 Å². The number of hydrogen-bond donors (Lipinski definition) is 1. The van der Waals surface area contributed by atoms with E-state index < -0.39 is 0 Å². The van der Waals surface area contributed by atoms with Crippen molar-refractivity contribution in [1.82, 2.24) is 10.2 Å². The Labute approximate surface area is 133 Å². The van der Waals surface area contributed by atoms with Crippen molar-refractivity contribution in [3.8, 4) is 0 Å². The summed E-state index contributed by atoms with van der Waals surface area (Å²) in [4.78, 5) is 14.4. The topological polar surface area (TPSA) is 32.3 Å². The molecule has 2 fully saturated rings. The summed E-state index contributed by atoms with van der Waals surface area (Å²) < 4.78 is 0. The fourth-order valence-electron chi connectivity index (χ4n) is 3.53. The van der Waals surface area contributed by atoms with E-state index in [4.69, 9.17) is 0 Å². The molecular weight excluding hydrogens is 272 g/mol. The summed E-state index contributed by atoms with van der Waals surface area (Å²) in [5.41, 5.74) is 2.77. The molecule has 22 heavy (non-hydrogen) atoms. The first-order valence-electron chi connectivity index (χ1n) is 8.36. The SMILES string of the molecule is CC(C)c1ccc(/C=C/C(=O)N2CCC3(CCNC3)C2)cc1. The van der Waals surface area contributed by atoms with Crippen LogP contribution in [0, 0.1) is 5.41 Å². The summed E-state index contributed by atoms with van der Waals surface area (Å²) in [6.07, 6.45) is 6.01. The zero-order valence-corrected chi connectivity index (χ0v) is 13.6. The molecular formula is C19H26N2O. The molecule has 1 amide bonds. The zero-order chi connectivity index (χ0) is 15.6. The second-order valence-electron chi connectivity index (χ2n) is 7.09. The Morgan fingerprint density at radius 3 is 2.68 bits per heavy atom. The molecule has 1 spiro atoms. The summed E-state index contributed by atoms with van der Waals surface area (Å²) in [6, 6.07) is 8.46. The lowest BCUT2D eigenvalue weighted by atomic mass is 9.87. The second-order valence-corrected chi connectivity index (χ2v) is 7.09. The zero-order valence-electron chi connectivity index (χ0n) is 13.6. The van der Waals surface area contributed by atoms with Crippen molar-refractivity contribution in [2.24, 2.45) is 5.41 Å². The van der Waals surface area contributed by atoms with Crippen LogP contribution in [0.1, 0.15) is 43.7 Å². The maximum Gasteiger partial charge on any atom is 0.246 e. The van der Waals surface area contributed by atoms with Gasteiger partial charge in [0.05, 0.1) is 0 Å². The maximum atomic E-state index is 12.4. The Morgan fingerprint density at radius 2 is 2.05 bits per heavy atom. The van der Waals surface area contributed by atoms with E-state index in [1.165, 1.54) is 12.0 Å². The van der Waals surface area contributed by atoms with Gasteiger partial charge in [-0.1, -0.05) is 38.1 Å². The van der Waals surface area contributed by atoms with Gasteiger partial charge in [0, 0.05) is 31.1 Å². The number of nitrogens with one attached hydrogen (secondary N) is 1. The molecule has 0 aliphatic carbocycles. The van der Waals surface area contributed by atoms with Crippen LogP contribution in [0.15, 0.2) is 30.3 Å². The van der Waals surface area contributed by atoms with E-state index in [0.29, 0.717) is 11.3 Å². The molecule has 3 heteroatoms. The molecule has 118 valence electrons. The molecule has 1 atom stereocenters. The molecule has 3 nitrogen and oxygen atoms in total. The molecule has 1 aromatic rings. The monoisotopic (exact) mass is 298 g/mol. The van der Waals surface area contributed by atoms with Gasteiger partial charge in [-0.05, 0) is 42.5 Å². The first-order valence-corrected chi connectivity index (χ1v) is 8.36. The molecule has 2 heterocycles. The summed E-state index contributed by atoms with van der Waals surface area (Å²) in [7, 11) is 0. The van der Waals surface area contributed by atoms with Crippen molar-refractivity contribution in [2.45, 2.75) is 32.6 Å². The van der Waals surface area contributed by atoms with Gasteiger partial charge >= 0.3 is 0 Å². The molecule has 0 aromatic heterocycles. The molecule has 2 saturated heterocycles. The number of likely N-dealkylation sites (tertiary alicyclic amines) is 1. The number of carbonyl (C=O) groups excluding carboxylic acids is 1. The van der Waals surface area contributed by atoms with Crippen molar-refractivity contribution in [3.63, 3.8) is 0 Å². The highest BCUT2D eigenvalue weighted by Gasteiger charge is 2.41. The van der Waals surface area contributed by atoms with E-state index in [1.807, 2.05) is 11.0 Å². The van der Waals surface area contributed by atoms with E-state index in [9.17, 15) is 4.79 Å². The quantitative estimate of drug-likeness (QED) is 0.870. The Bertz CT molecular complexity index is 553. The Morgan fingerprint density at radius 1 is 1.27 bits per heavy atom. The fraction of sp³-hybridized carbons (Fsp3) is 0.526. The standard InChI is InChI=1S/C19H26N2O/c1-15(2)17-6-3-16(4-7-17)5-8-18(22)21-12-10-19(14-21)9-11-20-13-19/h3-8,15,20H,9-14H2,1-2H3/b8-5+. The average Bonchev–Trinajstić information content (AvgIpc) is 3.16. The molecule has 0 radical (unpaired) electrons. The van der Waals surface area contributed by atoms with Gasteiger partial charge in [0.1, 0.15) is 0 Å². The molecule has 1 N–H and O–H groups in total. The van der Waals surface area contributed by atoms with Gasteiger partial charge in [-0.2, -0.15) is 0 Å². The van der Waals surface area contributed by atoms with E-state index in [0.717, 1.165) is 38.2 Å². The van der Waals surface area contributed by atoms with Gasteiger partial charge < -0.3 is 10.2 Å². The summed E-state index contributed by atoms with van der Waals surface area (Å²) in [6.45, 7) is 8.36. The lowest BCUT2D eigenvalue weighted by Gasteiger charge is -2.22. The number of amides is 1. The second kappa shape index (κ2) is 6.25. The van der Waals surface area contributed by atoms with Crippen LogP contribution in [-0.2, 0) is 4.79 Å². The number of rotatable bonds is 3. The van der Waals surface area contributed by atoms with Crippen LogP contribution in [0.3, 0.4) is 0 Å². The first kappa shape index (κ1) is 15.3. The largest absolute Gasteiger partial charge is 0.339 e. The van der Waals surface area contributed by atoms with Crippen LogP contribution in [-0.4, -0.2) is 37.0 Å². The van der Waals surface area contributed by atoms with Gasteiger partial charge in [0.25, 0.3) is 0 Å². The molecule has 0 bridgehead atoms.